The van der Waals surface area contributed by atoms with Crippen molar-refractivity contribution in [2.24, 2.45) is 5.41 Å². The molecular weight excluding hydrogens is 330 g/mol. The first kappa shape index (κ1) is 18.7. The molecule has 0 radical (unpaired) electrons. The van der Waals surface area contributed by atoms with E-state index in [-0.39, 0.29) is 12.0 Å². The number of carbonyl (C=O) groups is 1. The molecule has 0 bridgehead atoms. The van der Waals surface area contributed by atoms with Crippen molar-refractivity contribution >= 4 is 22.4 Å². The maximum Gasteiger partial charge on any atom is 0.235 e. The van der Waals surface area contributed by atoms with Gasteiger partial charge in [0, 0.05) is 16.5 Å². The summed E-state index contributed by atoms with van der Waals surface area (Å²) in [5, 5.41) is 4.97. The third kappa shape index (κ3) is 3.84. The molecule has 0 aromatic heterocycles. The van der Waals surface area contributed by atoms with Crippen LogP contribution in [0, 0.1) is 5.41 Å². The summed E-state index contributed by atoms with van der Waals surface area (Å²) in [5.74, 6) is 0.0454. The Bertz CT molecular complexity index is 803. The van der Waals surface area contributed by atoms with Gasteiger partial charge in [0.05, 0.1) is 24.7 Å². The molecule has 1 N–H and O–H groups in total. The number of hydrogen-bond acceptors (Lipinski definition) is 4. The largest absolute Gasteiger partial charge is 0.490 e. The second-order valence-electron chi connectivity index (χ2n) is 7.82. The fourth-order valence-corrected chi connectivity index (χ4v) is 2.89. The summed E-state index contributed by atoms with van der Waals surface area (Å²) in [6.07, 6.45) is 0.0812. The smallest absolute Gasteiger partial charge is 0.235 e. The maximum absolute atomic E-state index is 12.9. The summed E-state index contributed by atoms with van der Waals surface area (Å²) in [5.41, 5.74) is 0.0248. The molecule has 1 saturated heterocycles. The highest BCUT2D eigenvalue weighted by Gasteiger charge is 2.42. The Kier molecular flexibility index (Phi) is 4.95. The van der Waals surface area contributed by atoms with Crippen molar-refractivity contribution in [2.45, 2.75) is 46.5 Å². The van der Waals surface area contributed by atoms with Crippen LogP contribution in [-0.4, -0.2) is 31.0 Å². The second-order valence-corrected chi connectivity index (χ2v) is 7.82. The predicted molar refractivity (Wildman–Crippen MR) is 102 cm³/mol. The summed E-state index contributed by atoms with van der Waals surface area (Å²) in [6.45, 7) is 10.2. The van der Waals surface area contributed by atoms with Gasteiger partial charge < -0.3 is 19.5 Å². The molecular formula is C21H27NO4. The standard InChI is InChI=1S/C21H27NO4/c1-14(2)26-18-11-10-17(15-8-6-7-9-16(15)18)22-19(23)21(5)12-24-20(3,4)25-13-21/h6-11,14H,12-13H2,1-5H3,(H,22,23). The van der Waals surface area contributed by atoms with Gasteiger partial charge in [0.1, 0.15) is 5.75 Å². The Balaban J connectivity index is 1.86. The average Bonchev–Trinajstić information content (AvgIpc) is 2.59. The van der Waals surface area contributed by atoms with Crippen molar-refractivity contribution in [2.75, 3.05) is 18.5 Å². The third-order valence-corrected chi connectivity index (χ3v) is 4.52. The van der Waals surface area contributed by atoms with Crippen LogP contribution in [0.4, 0.5) is 5.69 Å². The summed E-state index contributed by atoms with van der Waals surface area (Å²) < 4.78 is 17.3. The van der Waals surface area contributed by atoms with Gasteiger partial charge >= 0.3 is 0 Å². The highest BCUT2D eigenvalue weighted by atomic mass is 16.7. The first-order valence-corrected chi connectivity index (χ1v) is 8.98. The molecule has 5 heteroatoms. The zero-order valence-electron chi connectivity index (χ0n) is 16.1. The number of rotatable bonds is 4. The fraction of sp³-hybridized carbons (Fsp3) is 0.476. The monoisotopic (exact) mass is 357 g/mol. The van der Waals surface area contributed by atoms with Gasteiger partial charge in [-0.25, -0.2) is 0 Å². The first-order valence-electron chi connectivity index (χ1n) is 8.98. The molecule has 1 aliphatic rings. The van der Waals surface area contributed by atoms with Gasteiger partial charge in [-0.3, -0.25) is 4.79 Å². The van der Waals surface area contributed by atoms with Crippen LogP contribution in [0.25, 0.3) is 10.8 Å². The van der Waals surface area contributed by atoms with Crippen LogP contribution in [0.2, 0.25) is 0 Å². The molecule has 0 unspecified atom stereocenters. The minimum atomic E-state index is -0.732. The molecule has 2 aromatic rings. The molecule has 5 nitrogen and oxygen atoms in total. The number of amides is 1. The summed E-state index contributed by atoms with van der Waals surface area (Å²) >= 11 is 0. The van der Waals surface area contributed by atoms with Crippen LogP contribution in [0.15, 0.2) is 36.4 Å². The maximum atomic E-state index is 12.9. The van der Waals surface area contributed by atoms with E-state index < -0.39 is 11.2 Å². The van der Waals surface area contributed by atoms with E-state index in [0.717, 1.165) is 22.2 Å². The second kappa shape index (κ2) is 6.89. The lowest BCUT2D eigenvalue weighted by atomic mass is 9.90. The molecule has 3 rings (SSSR count). The van der Waals surface area contributed by atoms with Gasteiger partial charge in [-0.2, -0.15) is 0 Å². The summed E-state index contributed by atoms with van der Waals surface area (Å²) in [7, 11) is 0. The minimum absolute atomic E-state index is 0.0812. The molecule has 0 atom stereocenters. The van der Waals surface area contributed by atoms with E-state index in [1.165, 1.54) is 0 Å². The van der Waals surface area contributed by atoms with Gasteiger partial charge in [0.25, 0.3) is 0 Å². The summed E-state index contributed by atoms with van der Waals surface area (Å²) in [6, 6.07) is 11.7. The number of nitrogens with one attached hydrogen (secondary N) is 1. The number of carbonyl (C=O) groups excluding carboxylic acids is 1. The van der Waals surface area contributed by atoms with Crippen LogP contribution in [0.1, 0.15) is 34.6 Å². The molecule has 26 heavy (non-hydrogen) atoms. The molecule has 1 aliphatic heterocycles. The predicted octanol–water partition coefficient (Wildman–Crippen LogP) is 4.35. The Hall–Kier alpha value is -2.11. The molecule has 0 aliphatic carbocycles. The van der Waals surface area contributed by atoms with Gasteiger partial charge in [0.15, 0.2) is 5.79 Å². The molecule has 140 valence electrons. The lowest BCUT2D eigenvalue weighted by Crippen LogP contribution is -2.50. The average molecular weight is 357 g/mol. The van der Waals surface area contributed by atoms with Gasteiger partial charge in [0.2, 0.25) is 5.91 Å². The highest BCUT2D eigenvalue weighted by Crippen LogP contribution is 2.35. The Labute approximate surface area is 154 Å². The van der Waals surface area contributed by atoms with Crippen LogP contribution in [0.5, 0.6) is 5.75 Å². The van der Waals surface area contributed by atoms with E-state index in [1.807, 2.05) is 71.0 Å². The topological polar surface area (TPSA) is 56.8 Å². The minimum Gasteiger partial charge on any atom is -0.490 e. The zero-order chi connectivity index (χ0) is 18.9. The van der Waals surface area contributed by atoms with Crippen molar-refractivity contribution in [3.8, 4) is 5.75 Å². The molecule has 0 saturated carbocycles. The van der Waals surface area contributed by atoms with Gasteiger partial charge in [-0.15, -0.1) is 0 Å². The van der Waals surface area contributed by atoms with E-state index >= 15 is 0 Å². The van der Waals surface area contributed by atoms with E-state index in [9.17, 15) is 4.79 Å². The van der Waals surface area contributed by atoms with E-state index in [0.29, 0.717) is 13.2 Å². The van der Waals surface area contributed by atoms with E-state index in [4.69, 9.17) is 14.2 Å². The Morgan fingerprint density at radius 3 is 2.27 bits per heavy atom. The quantitative estimate of drug-likeness (QED) is 0.883. The Morgan fingerprint density at radius 1 is 1.04 bits per heavy atom. The summed E-state index contributed by atoms with van der Waals surface area (Å²) in [4.78, 5) is 12.9. The first-order chi connectivity index (χ1) is 12.2. The molecule has 2 aromatic carbocycles. The number of fused-ring (bicyclic) bond motifs is 1. The van der Waals surface area contributed by atoms with Gasteiger partial charge in [-0.1, -0.05) is 24.3 Å². The van der Waals surface area contributed by atoms with Crippen LogP contribution in [0.3, 0.4) is 0 Å². The van der Waals surface area contributed by atoms with Crippen molar-refractivity contribution in [1.29, 1.82) is 0 Å². The number of ether oxygens (including phenoxy) is 3. The van der Waals surface area contributed by atoms with Gasteiger partial charge in [-0.05, 0) is 46.8 Å². The number of anilines is 1. The zero-order valence-corrected chi connectivity index (χ0v) is 16.1. The number of hydrogen-bond donors (Lipinski definition) is 1. The molecule has 0 spiro atoms. The molecule has 1 amide bonds. The Morgan fingerprint density at radius 2 is 1.65 bits per heavy atom. The fourth-order valence-electron chi connectivity index (χ4n) is 2.89. The van der Waals surface area contributed by atoms with Crippen LogP contribution >= 0.6 is 0 Å². The lowest BCUT2D eigenvalue weighted by molar-refractivity contribution is -0.276. The number of benzene rings is 2. The normalized spacial score (nSPS) is 18.7. The molecule has 1 fully saturated rings. The van der Waals surface area contributed by atoms with Crippen molar-refractivity contribution in [3.05, 3.63) is 36.4 Å². The molecule has 1 heterocycles. The third-order valence-electron chi connectivity index (χ3n) is 4.52. The highest BCUT2D eigenvalue weighted by molar-refractivity contribution is 6.05. The van der Waals surface area contributed by atoms with Crippen molar-refractivity contribution < 1.29 is 19.0 Å². The van der Waals surface area contributed by atoms with Crippen LogP contribution in [-0.2, 0) is 14.3 Å². The SMILES string of the molecule is CC(C)Oc1ccc(NC(=O)C2(C)COC(C)(C)OC2)c2ccccc12. The lowest BCUT2D eigenvalue weighted by Gasteiger charge is -2.40. The van der Waals surface area contributed by atoms with Crippen molar-refractivity contribution in [3.63, 3.8) is 0 Å². The van der Waals surface area contributed by atoms with Crippen LogP contribution < -0.4 is 10.1 Å². The van der Waals surface area contributed by atoms with Crippen molar-refractivity contribution in [1.82, 2.24) is 0 Å². The van der Waals surface area contributed by atoms with E-state index in [1.54, 1.807) is 0 Å². The van der Waals surface area contributed by atoms with E-state index in [2.05, 4.69) is 5.32 Å².